The van der Waals surface area contributed by atoms with Gasteiger partial charge in [0.05, 0.1) is 51.8 Å². The van der Waals surface area contributed by atoms with E-state index < -0.39 is 105 Å². The average molecular weight is 982 g/mol. The standard InChI is InChI=1S/C45H47F4N9O8S2/c1-23-36(68-22-53-23)25-9-7-24(8-10-25)19-52-39(62)30-17-27(59)20-56(30)40(63)37(43(2,3)4)54-31(60)21-65-15-16-66-32-14-13-29(35(55-32)38(51)61)58-42(67)57(41(64)44(58,5)6)28-12-11-26(18-50)33(34(28)46)45(47,48)49/h7-14,22,27,30,37,59H,15-17,19-21H2,1-6H3,(H2,51,61)(H,52,62)(H,54,60)/t27-,30+,37-/m1/s1. The molecule has 0 unspecified atom stereocenters. The van der Waals surface area contributed by atoms with Gasteiger partial charge in [-0.2, -0.15) is 18.4 Å². The molecule has 4 heterocycles. The van der Waals surface area contributed by atoms with Crippen LogP contribution in [0.25, 0.3) is 10.4 Å². The zero-order chi connectivity index (χ0) is 50.0. The van der Waals surface area contributed by atoms with Gasteiger partial charge in [-0.3, -0.25) is 28.9 Å². The van der Waals surface area contributed by atoms with Crippen LogP contribution in [0, 0.1) is 29.5 Å². The Kier molecular flexibility index (Phi) is 14.9. The molecule has 2 aliphatic heterocycles. The molecule has 2 aliphatic rings. The average Bonchev–Trinajstić information content (AvgIpc) is 3.93. The summed E-state index contributed by atoms with van der Waals surface area (Å²) in [5.74, 6) is -5.85. The van der Waals surface area contributed by atoms with Gasteiger partial charge in [-0.05, 0) is 67.7 Å². The Balaban J connectivity index is 1.05. The molecule has 2 fully saturated rings. The molecule has 0 radical (unpaired) electrons. The van der Waals surface area contributed by atoms with Crippen LogP contribution in [-0.4, -0.2) is 105 Å². The number of nitriles is 1. The Morgan fingerprint density at radius 2 is 1.75 bits per heavy atom. The first-order valence-electron chi connectivity index (χ1n) is 20.9. The smallest absolute Gasteiger partial charge is 0.420 e. The number of alkyl halides is 3. The molecule has 2 aromatic carbocycles. The molecule has 0 saturated carbocycles. The number of rotatable bonds is 15. The number of hydrogen-bond donors (Lipinski definition) is 4. The number of anilines is 2. The number of nitrogens with two attached hydrogens (primary N) is 1. The number of hydrogen-bond acceptors (Lipinski definition) is 13. The van der Waals surface area contributed by atoms with Gasteiger partial charge in [0.2, 0.25) is 23.6 Å². The van der Waals surface area contributed by atoms with Gasteiger partial charge in [0, 0.05) is 25.6 Å². The Labute approximate surface area is 397 Å². The fourth-order valence-electron chi connectivity index (χ4n) is 7.75. The molecule has 4 aromatic rings. The van der Waals surface area contributed by atoms with Crippen molar-refractivity contribution in [2.24, 2.45) is 11.1 Å². The maximum absolute atomic E-state index is 15.5. The summed E-state index contributed by atoms with van der Waals surface area (Å²) < 4.78 is 68.1. The summed E-state index contributed by atoms with van der Waals surface area (Å²) in [4.78, 5) is 79.3. The molecular formula is C45H47F4N9O8S2. The summed E-state index contributed by atoms with van der Waals surface area (Å²) in [6.07, 6.45) is -6.25. The number of thiocarbonyl (C=S) groups is 1. The van der Waals surface area contributed by atoms with E-state index in [1.165, 1.54) is 48.3 Å². The van der Waals surface area contributed by atoms with Crippen LogP contribution in [0.1, 0.15) is 73.9 Å². The molecule has 0 spiro atoms. The van der Waals surface area contributed by atoms with Gasteiger partial charge >= 0.3 is 6.18 Å². The van der Waals surface area contributed by atoms with Crippen LogP contribution in [0.15, 0.2) is 54.0 Å². The topological polar surface area (TPSA) is 233 Å². The molecule has 2 aromatic heterocycles. The maximum Gasteiger partial charge on any atom is 0.420 e. The number of β-amino-alcohol motifs (C(OH)–C–C–N with tert-alkyl or cyclic N) is 1. The van der Waals surface area contributed by atoms with E-state index in [4.69, 9.17) is 27.4 Å². The number of likely N-dealkylation sites (tertiary alicyclic amines) is 1. The van der Waals surface area contributed by atoms with Crippen molar-refractivity contribution in [3.8, 4) is 22.4 Å². The highest BCUT2D eigenvalue weighted by Crippen LogP contribution is 2.43. The largest absolute Gasteiger partial charge is 0.475 e. The molecule has 2 saturated heterocycles. The lowest BCUT2D eigenvalue weighted by molar-refractivity contribution is -0.144. The number of carbonyl (C=O) groups excluding carboxylic acids is 5. The number of halogens is 4. The van der Waals surface area contributed by atoms with Gasteiger partial charge in [0.15, 0.2) is 16.6 Å². The number of nitrogens with zero attached hydrogens (tertiary/aromatic N) is 6. The third-order valence-electron chi connectivity index (χ3n) is 11.2. The number of benzene rings is 2. The van der Waals surface area contributed by atoms with Crippen LogP contribution in [-0.2, 0) is 36.6 Å². The maximum atomic E-state index is 15.5. The molecule has 5 amide bonds. The molecule has 23 heteroatoms. The highest BCUT2D eigenvalue weighted by atomic mass is 32.1. The first-order valence-corrected chi connectivity index (χ1v) is 22.2. The fraction of sp³-hybridized carbons (Fsp3) is 0.400. The first-order chi connectivity index (χ1) is 31.9. The number of aliphatic hydroxyl groups is 1. The van der Waals surface area contributed by atoms with Crippen molar-refractivity contribution in [1.82, 2.24) is 25.5 Å². The summed E-state index contributed by atoms with van der Waals surface area (Å²) in [5.41, 5.74) is 3.21. The van der Waals surface area contributed by atoms with E-state index in [9.17, 15) is 47.5 Å². The molecule has 6 rings (SSSR count). The predicted molar refractivity (Wildman–Crippen MR) is 243 cm³/mol. The van der Waals surface area contributed by atoms with Crippen LogP contribution < -0.4 is 30.9 Å². The van der Waals surface area contributed by atoms with Crippen molar-refractivity contribution in [3.05, 3.63) is 87.9 Å². The van der Waals surface area contributed by atoms with Crippen molar-refractivity contribution < 1.29 is 56.1 Å². The van der Waals surface area contributed by atoms with Crippen LogP contribution in [0.5, 0.6) is 5.88 Å². The highest BCUT2D eigenvalue weighted by Gasteiger charge is 2.53. The third-order valence-corrected chi connectivity index (χ3v) is 12.5. The van der Waals surface area contributed by atoms with Crippen molar-refractivity contribution >= 4 is 69.6 Å². The van der Waals surface area contributed by atoms with E-state index in [1.807, 2.05) is 31.2 Å². The number of aromatic nitrogens is 2. The van der Waals surface area contributed by atoms with Crippen LogP contribution in [0.4, 0.5) is 28.9 Å². The first kappa shape index (κ1) is 50.8. The molecule has 3 atom stereocenters. The molecule has 360 valence electrons. The number of primary amides is 1. The van der Waals surface area contributed by atoms with E-state index >= 15 is 4.39 Å². The molecule has 0 bridgehead atoms. The van der Waals surface area contributed by atoms with Gasteiger partial charge in [0.1, 0.15) is 36.4 Å². The second-order valence-electron chi connectivity index (χ2n) is 17.5. The van der Waals surface area contributed by atoms with E-state index in [0.717, 1.165) is 32.7 Å². The second kappa shape index (κ2) is 19.9. The van der Waals surface area contributed by atoms with Crippen LogP contribution in [0.3, 0.4) is 0 Å². The number of ether oxygens (including phenoxy) is 2. The number of amides is 5. The molecular weight excluding hydrogens is 935 g/mol. The predicted octanol–water partition coefficient (Wildman–Crippen LogP) is 4.76. The lowest BCUT2D eigenvalue weighted by Crippen LogP contribution is -2.58. The minimum Gasteiger partial charge on any atom is -0.475 e. The minimum absolute atomic E-state index is 0.00567. The Morgan fingerprint density at radius 3 is 2.35 bits per heavy atom. The second-order valence-corrected chi connectivity index (χ2v) is 18.7. The molecule has 0 aliphatic carbocycles. The highest BCUT2D eigenvalue weighted by molar-refractivity contribution is 7.81. The number of aliphatic hydroxyl groups excluding tert-OH is 1. The molecule has 68 heavy (non-hydrogen) atoms. The summed E-state index contributed by atoms with van der Waals surface area (Å²) in [6.45, 7) is 8.90. The number of carbonyl (C=O) groups is 5. The van der Waals surface area contributed by atoms with E-state index in [2.05, 4.69) is 20.6 Å². The van der Waals surface area contributed by atoms with E-state index in [1.54, 1.807) is 26.3 Å². The summed E-state index contributed by atoms with van der Waals surface area (Å²) in [5, 5.41) is 24.8. The molecule has 17 nitrogen and oxygen atoms in total. The zero-order valence-electron chi connectivity index (χ0n) is 37.6. The van der Waals surface area contributed by atoms with Gasteiger partial charge in [-0.1, -0.05) is 45.0 Å². The number of pyridine rings is 1. The Morgan fingerprint density at radius 1 is 1.07 bits per heavy atom. The Hall–Kier alpha value is -6.61. The van der Waals surface area contributed by atoms with Crippen LogP contribution >= 0.6 is 23.6 Å². The summed E-state index contributed by atoms with van der Waals surface area (Å²) >= 11 is 7.00. The van der Waals surface area contributed by atoms with E-state index in [0.29, 0.717) is 11.0 Å². The minimum atomic E-state index is -5.29. The molecule has 5 N–H and O–H groups in total. The van der Waals surface area contributed by atoms with Crippen LogP contribution in [0.2, 0.25) is 0 Å². The third kappa shape index (κ3) is 10.6. The van der Waals surface area contributed by atoms with Crippen molar-refractivity contribution in [2.45, 2.75) is 84.4 Å². The van der Waals surface area contributed by atoms with Crippen molar-refractivity contribution in [1.29, 1.82) is 5.26 Å². The normalized spacial score (nSPS) is 17.5. The van der Waals surface area contributed by atoms with Gasteiger partial charge in [0.25, 0.3) is 11.8 Å². The monoisotopic (exact) mass is 981 g/mol. The Bertz CT molecular complexity index is 2680. The fourth-order valence-corrected chi connectivity index (χ4v) is 9.07. The summed E-state index contributed by atoms with van der Waals surface area (Å²) in [7, 11) is 0. The lowest BCUT2D eigenvalue weighted by Gasteiger charge is -2.35. The summed E-state index contributed by atoms with van der Waals surface area (Å²) in [6, 6.07) is 10.9. The number of aryl methyl sites for hydroxylation is 1. The van der Waals surface area contributed by atoms with Gasteiger partial charge < -0.3 is 40.7 Å². The van der Waals surface area contributed by atoms with Gasteiger partial charge in [-0.15, -0.1) is 11.3 Å². The van der Waals surface area contributed by atoms with Gasteiger partial charge in [-0.25, -0.2) is 14.4 Å². The number of nitrogens with one attached hydrogen (secondary N) is 2. The van der Waals surface area contributed by atoms with Crippen molar-refractivity contribution in [2.75, 3.05) is 36.2 Å². The SMILES string of the molecule is Cc1ncsc1-c1ccc(CNC(=O)[C@@H]2C[C@@H](O)CN2C(=O)[C@@H](NC(=O)COCCOc2ccc(N3C(=S)N(c4ccc(C#N)c(C(F)(F)F)c4F)C(=O)C3(C)C)c(C(N)=O)n2)C(C)(C)C)cc1. The number of thiazole rings is 1. The lowest BCUT2D eigenvalue weighted by atomic mass is 9.85. The van der Waals surface area contributed by atoms with E-state index in [-0.39, 0.29) is 44.3 Å². The quantitative estimate of drug-likeness (QED) is 0.0716. The zero-order valence-corrected chi connectivity index (χ0v) is 39.2. The van der Waals surface area contributed by atoms with Crippen molar-refractivity contribution in [3.63, 3.8) is 0 Å².